The van der Waals surface area contributed by atoms with Gasteiger partial charge in [0.05, 0.1) is 7.11 Å². The zero-order chi connectivity index (χ0) is 14.4. The molecule has 0 bridgehead atoms. The van der Waals surface area contributed by atoms with E-state index in [9.17, 15) is 0 Å². The molecular formula is C16H21N3O. The van der Waals surface area contributed by atoms with Gasteiger partial charge in [0, 0.05) is 43.8 Å². The highest BCUT2D eigenvalue weighted by Crippen LogP contribution is 2.21. The molecule has 0 atom stereocenters. The standard InChI is InChI=1S/C16H21N3O/c1-17-10-14-11-18-8-7-16(14)19(2)12-13-5-4-6-15(9-13)20-3/h4-9,11,17H,10,12H2,1-3H3. The number of aromatic nitrogens is 1. The number of rotatable bonds is 6. The molecule has 106 valence electrons. The minimum atomic E-state index is 0.811. The number of hydrogen-bond acceptors (Lipinski definition) is 4. The topological polar surface area (TPSA) is 37.4 Å². The lowest BCUT2D eigenvalue weighted by molar-refractivity contribution is 0.414. The van der Waals surface area contributed by atoms with Crippen molar-refractivity contribution in [3.63, 3.8) is 0 Å². The highest BCUT2D eigenvalue weighted by Gasteiger charge is 2.08. The van der Waals surface area contributed by atoms with Crippen molar-refractivity contribution in [3.8, 4) is 5.75 Å². The number of methoxy groups -OCH3 is 1. The molecule has 0 amide bonds. The lowest BCUT2D eigenvalue weighted by Crippen LogP contribution is -2.19. The summed E-state index contributed by atoms with van der Waals surface area (Å²) < 4.78 is 5.27. The van der Waals surface area contributed by atoms with Crippen LogP contribution in [-0.2, 0) is 13.1 Å². The van der Waals surface area contributed by atoms with E-state index in [4.69, 9.17) is 4.74 Å². The summed E-state index contributed by atoms with van der Waals surface area (Å²) in [6.07, 6.45) is 3.74. The normalized spacial score (nSPS) is 10.3. The van der Waals surface area contributed by atoms with Gasteiger partial charge in [0.15, 0.2) is 0 Å². The summed E-state index contributed by atoms with van der Waals surface area (Å²) in [6.45, 7) is 1.64. The quantitative estimate of drug-likeness (QED) is 0.875. The van der Waals surface area contributed by atoms with Crippen LogP contribution in [0.3, 0.4) is 0 Å². The molecule has 2 rings (SSSR count). The van der Waals surface area contributed by atoms with Crippen molar-refractivity contribution in [2.45, 2.75) is 13.1 Å². The number of nitrogens with zero attached hydrogens (tertiary/aromatic N) is 2. The van der Waals surface area contributed by atoms with Crippen LogP contribution in [0.5, 0.6) is 5.75 Å². The third-order valence-corrected chi connectivity index (χ3v) is 3.21. The fourth-order valence-electron chi connectivity index (χ4n) is 2.25. The number of hydrogen-bond donors (Lipinski definition) is 1. The smallest absolute Gasteiger partial charge is 0.119 e. The third kappa shape index (κ3) is 3.48. The van der Waals surface area contributed by atoms with E-state index in [2.05, 4.69) is 34.4 Å². The Morgan fingerprint density at radius 2 is 2.15 bits per heavy atom. The molecule has 0 aliphatic rings. The van der Waals surface area contributed by atoms with E-state index < -0.39 is 0 Å². The zero-order valence-electron chi connectivity index (χ0n) is 12.3. The number of nitrogens with one attached hydrogen (secondary N) is 1. The summed E-state index contributed by atoms with van der Waals surface area (Å²) >= 11 is 0. The van der Waals surface area contributed by atoms with Gasteiger partial charge in [-0.2, -0.15) is 0 Å². The fraction of sp³-hybridized carbons (Fsp3) is 0.312. The number of benzene rings is 1. The zero-order valence-corrected chi connectivity index (χ0v) is 12.3. The van der Waals surface area contributed by atoms with Crippen molar-refractivity contribution in [2.75, 3.05) is 26.1 Å². The minimum Gasteiger partial charge on any atom is -0.497 e. The summed E-state index contributed by atoms with van der Waals surface area (Å²) in [5.74, 6) is 0.890. The van der Waals surface area contributed by atoms with Crippen LogP contribution in [0.4, 0.5) is 5.69 Å². The lowest BCUT2D eigenvalue weighted by atomic mass is 10.1. The van der Waals surface area contributed by atoms with Gasteiger partial charge >= 0.3 is 0 Å². The SMILES string of the molecule is CNCc1cnccc1N(C)Cc1cccc(OC)c1. The predicted molar refractivity (Wildman–Crippen MR) is 82.1 cm³/mol. The Morgan fingerprint density at radius 3 is 2.90 bits per heavy atom. The van der Waals surface area contributed by atoms with Crippen LogP contribution in [-0.4, -0.2) is 26.2 Å². The van der Waals surface area contributed by atoms with Crippen molar-refractivity contribution in [1.29, 1.82) is 0 Å². The van der Waals surface area contributed by atoms with Gasteiger partial charge in [-0.1, -0.05) is 12.1 Å². The molecule has 0 fully saturated rings. The maximum absolute atomic E-state index is 5.27. The molecule has 1 aromatic carbocycles. The maximum Gasteiger partial charge on any atom is 0.119 e. The van der Waals surface area contributed by atoms with Crippen molar-refractivity contribution >= 4 is 5.69 Å². The average Bonchev–Trinajstić information content (AvgIpc) is 2.48. The molecule has 1 aromatic heterocycles. The second kappa shape index (κ2) is 6.91. The van der Waals surface area contributed by atoms with Crippen LogP contribution in [0.1, 0.15) is 11.1 Å². The first kappa shape index (κ1) is 14.3. The van der Waals surface area contributed by atoms with E-state index in [-0.39, 0.29) is 0 Å². The average molecular weight is 271 g/mol. The van der Waals surface area contributed by atoms with Crippen LogP contribution in [0, 0.1) is 0 Å². The number of pyridine rings is 1. The van der Waals surface area contributed by atoms with E-state index >= 15 is 0 Å². The summed E-state index contributed by atoms with van der Waals surface area (Å²) in [6, 6.07) is 10.2. The van der Waals surface area contributed by atoms with E-state index in [0.717, 1.165) is 18.8 Å². The molecule has 4 nitrogen and oxygen atoms in total. The van der Waals surface area contributed by atoms with Gasteiger partial charge in [-0.15, -0.1) is 0 Å². The maximum atomic E-state index is 5.27. The molecule has 0 unspecified atom stereocenters. The molecule has 1 N–H and O–H groups in total. The van der Waals surface area contributed by atoms with Crippen LogP contribution in [0.2, 0.25) is 0 Å². The fourth-order valence-corrected chi connectivity index (χ4v) is 2.25. The molecular weight excluding hydrogens is 250 g/mol. The predicted octanol–water partition coefficient (Wildman–Crippen LogP) is 2.45. The van der Waals surface area contributed by atoms with Gasteiger partial charge in [0.1, 0.15) is 5.75 Å². The molecule has 0 aliphatic heterocycles. The van der Waals surface area contributed by atoms with Crippen LogP contribution >= 0.6 is 0 Å². The van der Waals surface area contributed by atoms with E-state index in [1.165, 1.54) is 16.8 Å². The summed E-state index contributed by atoms with van der Waals surface area (Å²) in [4.78, 5) is 6.42. The van der Waals surface area contributed by atoms with Gasteiger partial charge in [0.2, 0.25) is 0 Å². The Labute approximate surface area is 120 Å². The summed E-state index contributed by atoms with van der Waals surface area (Å²) in [7, 11) is 5.73. The van der Waals surface area contributed by atoms with Crippen molar-refractivity contribution in [3.05, 3.63) is 53.9 Å². The second-order valence-corrected chi connectivity index (χ2v) is 4.74. The highest BCUT2D eigenvalue weighted by atomic mass is 16.5. The highest BCUT2D eigenvalue weighted by molar-refractivity contribution is 5.52. The lowest BCUT2D eigenvalue weighted by Gasteiger charge is -2.22. The van der Waals surface area contributed by atoms with Crippen molar-refractivity contribution < 1.29 is 4.74 Å². The molecule has 4 heteroatoms. The molecule has 0 radical (unpaired) electrons. The molecule has 0 aliphatic carbocycles. The van der Waals surface area contributed by atoms with Gasteiger partial charge in [-0.3, -0.25) is 4.98 Å². The Balaban J connectivity index is 2.17. The first-order valence-corrected chi connectivity index (χ1v) is 6.66. The molecule has 20 heavy (non-hydrogen) atoms. The van der Waals surface area contributed by atoms with Crippen LogP contribution in [0.25, 0.3) is 0 Å². The minimum absolute atomic E-state index is 0.811. The van der Waals surface area contributed by atoms with E-state index in [0.29, 0.717) is 0 Å². The van der Waals surface area contributed by atoms with Gasteiger partial charge in [0.25, 0.3) is 0 Å². The summed E-state index contributed by atoms with van der Waals surface area (Å²) in [5, 5.41) is 3.17. The Hall–Kier alpha value is -2.07. The monoisotopic (exact) mass is 271 g/mol. The Kier molecular flexibility index (Phi) is 4.96. The van der Waals surface area contributed by atoms with Gasteiger partial charge in [-0.05, 0) is 30.8 Å². The summed E-state index contributed by atoms with van der Waals surface area (Å²) in [5.41, 5.74) is 3.61. The molecule has 0 spiro atoms. The third-order valence-electron chi connectivity index (χ3n) is 3.21. The van der Waals surface area contributed by atoms with Crippen molar-refractivity contribution in [2.24, 2.45) is 0 Å². The van der Waals surface area contributed by atoms with Gasteiger partial charge < -0.3 is 15.0 Å². The van der Waals surface area contributed by atoms with Crippen molar-refractivity contribution in [1.82, 2.24) is 10.3 Å². The van der Waals surface area contributed by atoms with E-state index in [1.807, 2.05) is 37.6 Å². The molecule has 1 heterocycles. The molecule has 2 aromatic rings. The van der Waals surface area contributed by atoms with Crippen LogP contribution < -0.4 is 15.0 Å². The van der Waals surface area contributed by atoms with E-state index in [1.54, 1.807) is 7.11 Å². The number of anilines is 1. The number of ether oxygens (including phenoxy) is 1. The van der Waals surface area contributed by atoms with Crippen LogP contribution in [0.15, 0.2) is 42.7 Å². The molecule has 0 saturated carbocycles. The Bertz CT molecular complexity index is 557. The van der Waals surface area contributed by atoms with Gasteiger partial charge in [-0.25, -0.2) is 0 Å². The largest absolute Gasteiger partial charge is 0.497 e. The first-order chi connectivity index (χ1) is 9.74. The first-order valence-electron chi connectivity index (χ1n) is 6.66. The Morgan fingerprint density at radius 1 is 1.30 bits per heavy atom. The second-order valence-electron chi connectivity index (χ2n) is 4.74. The molecule has 0 saturated heterocycles.